The number of ether oxygens (including phenoxy) is 1. The van der Waals surface area contributed by atoms with Gasteiger partial charge in [0, 0.05) is 13.7 Å². The van der Waals surface area contributed by atoms with E-state index in [1.54, 1.807) is 0 Å². The summed E-state index contributed by atoms with van der Waals surface area (Å²) < 4.78 is 5.32. The van der Waals surface area contributed by atoms with Gasteiger partial charge in [0.2, 0.25) is 0 Å². The van der Waals surface area contributed by atoms with Crippen LogP contribution in [0.4, 0.5) is 0 Å². The fraction of sp³-hybridized carbons (Fsp3) is 1.00. The van der Waals surface area contributed by atoms with E-state index in [1.165, 1.54) is 19.3 Å². The van der Waals surface area contributed by atoms with Crippen molar-refractivity contribution in [1.82, 2.24) is 5.32 Å². The van der Waals surface area contributed by atoms with Crippen LogP contribution in [0.3, 0.4) is 0 Å². The van der Waals surface area contributed by atoms with Gasteiger partial charge in [-0.25, -0.2) is 0 Å². The van der Waals surface area contributed by atoms with Gasteiger partial charge in [0.1, 0.15) is 0 Å². The second kappa shape index (κ2) is 5.13. The zero-order chi connectivity index (χ0) is 10.6. The van der Waals surface area contributed by atoms with Crippen molar-refractivity contribution in [2.45, 2.75) is 33.1 Å². The van der Waals surface area contributed by atoms with Crippen LogP contribution in [0.15, 0.2) is 0 Å². The lowest BCUT2D eigenvalue weighted by Gasteiger charge is -2.40. The van der Waals surface area contributed by atoms with Crippen LogP contribution in [0, 0.1) is 17.3 Å². The van der Waals surface area contributed by atoms with Crippen LogP contribution in [-0.2, 0) is 4.74 Å². The van der Waals surface area contributed by atoms with Crippen molar-refractivity contribution >= 4 is 0 Å². The first-order chi connectivity index (χ1) is 6.59. The van der Waals surface area contributed by atoms with Crippen LogP contribution in [-0.4, -0.2) is 27.3 Å². The van der Waals surface area contributed by atoms with Gasteiger partial charge in [-0.3, -0.25) is 0 Å². The molecule has 2 unspecified atom stereocenters. The molecule has 1 aliphatic carbocycles. The minimum atomic E-state index is 0.521. The summed E-state index contributed by atoms with van der Waals surface area (Å²) in [5.41, 5.74) is 0.521. The lowest BCUT2D eigenvalue weighted by molar-refractivity contribution is 0.0471. The minimum Gasteiger partial charge on any atom is -0.384 e. The molecule has 2 heteroatoms. The Morgan fingerprint density at radius 1 is 1.36 bits per heavy atom. The number of rotatable bonds is 4. The quantitative estimate of drug-likeness (QED) is 0.750. The van der Waals surface area contributed by atoms with Gasteiger partial charge < -0.3 is 10.1 Å². The van der Waals surface area contributed by atoms with E-state index in [2.05, 4.69) is 19.2 Å². The van der Waals surface area contributed by atoms with Crippen molar-refractivity contribution in [3.63, 3.8) is 0 Å². The van der Waals surface area contributed by atoms with E-state index in [4.69, 9.17) is 4.74 Å². The Hall–Kier alpha value is -0.0800. The van der Waals surface area contributed by atoms with Crippen LogP contribution < -0.4 is 5.32 Å². The lowest BCUT2D eigenvalue weighted by atomic mass is 9.67. The molecule has 0 aromatic carbocycles. The third kappa shape index (κ3) is 3.25. The SMILES string of the molecule is CNCC1CCC(C)(C)CC1COC. The molecule has 1 N–H and O–H groups in total. The Bertz CT molecular complexity index is 168. The molecule has 2 nitrogen and oxygen atoms in total. The topological polar surface area (TPSA) is 21.3 Å². The Kier molecular flexibility index (Phi) is 4.39. The maximum Gasteiger partial charge on any atom is 0.0493 e. The third-order valence-electron chi connectivity index (χ3n) is 3.52. The molecule has 1 aliphatic rings. The van der Waals surface area contributed by atoms with Crippen molar-refractivity contribution in [3.8, 4) is 0 Å². The second-order valence-electron chi connectivity index (χ2n) is 5.44. The number of methoxy groups -OCH3 is 1. The maximum atomic E-state index is 5.32. The fourth-order valence-corrected chi connectivity index (χ4v) is 2.73. The molecule has 0 spiro atoms. The van der Waals surface area contributed by atoms with E-state index in [1.807, 2.05) is 14.2 Å². The molecule has 1 saturated carbocycles. The summed E-state index contributed by atoms with van der Waals surface area (Å²) in [7, 11) is 3.86. The van der Waals surface area contributed by atoms with Gasteiger partial charge in [0.05, 0.1) is 0 Å². The molecule has 0 radical (unpaired) electrons. The molecule has 0 aromatic heterocycles. The van der Waals surface area contributed by atoms with Crippen molar-refractivity contribution in [1.29, 1.82) is 0 Å². The molecule has 0 amide bonds. The van der Waals surface area contributed by atoms with E-state index < -0.39 is 0 Å². The predicted molar refractivity (Wildman–Crippen MR) is 60.4 cm³/mol. The Morgan fingerprint density at radius 3 is 2.64 bits per heavy atom. The van der Waals surface area contributed by atoms with Gasteiger partial charge in [-0.2, -0.15) is 0 Å². The van der Waals surface area contributed by atoms with Gasteiger partial charge in [-0.1, -0.05) is 13.8 Å². The molecule has 84 valence electrons. The second-order valence-corrected chi connectivity index (χ2v) is 5.44. The molecule has 2 atom stereocenters. The minimum absolute atomic E-state index is 0.521. The average molecular weight is 199 g/mol. The van der Waals surface area contributed by atoms with E-state index in [-0.39, 0.29) is 0 Å². The van der Waals surface area contributed by atoms with E-state index in [0.717, 1.165) is 25.0 Å². The highest BCUT2D eigenvalue weighted by Crippen LogP contribution is 2.41. The Morgan fingerprint density at radius 2 is 2.07 bits per heavy atom. The molecule has 0 bridgehead atoms. The monoisotopic (exact) mass is 199 g/mol. The first-order valence-corrected chi connectivity index (χ1v) is 5.72. The smallest absolute Gasteiger partial charge is 0.0493 e. The number of hydrogen-bond donors (Lipinski definition) is 1. The summed E-state index contributed by atoms with van der Waals surface area (Å²) in [6.45, 7) is 6.83. The number of nitrogens with one attached hydrogen (secondary N) is 1. The fourth-order valence-electron chi connectivity index (χ4n) is 2.73. The van der Waals surface area contributed by atoms with Gasteiger partial charge in [-0.15, -0.1) is 0 Å². The van der Waals surface area contributed by atoms with E-state index in [9.17, 15) is 0 Å². The van der Waals surface area contributed by atoms with Crippen LogP contribution in [0.2, 0.25) is 0 Å². The molecule has 0 aromatic rings. The lowest BCUT2D eigenvalue weighted by Crippen LogP contribution is -2.37. The highest BCUT2D eigenvalue weighted by atomic mass is 16.5. The zero-order valence-electron chi connectivity index (χ0n) is 10.1. The van der Waals surface area contributed by atoms with E-state index >= 15 is 0 Å². The van der Waals surface area contributed by atoms with Crippen molar-refractivity contribution in [2.75, 3.05) is 27.3 Å². The molecule has 1 rings (SSSR count). The van der Waals surface area contributed by atoms with E-state index in [0.29, 0.717) is 5.41 Å². The predicted octanol–water partition coefficient (Wildman–Crippen LogP) is 2.29. The average Bonchev–Trinajstić information content (AvgIpc) is 2.10. The van der Waals surface area contributed by atoms with Crippen LogP contribution in [0.1, 0.15) is 33.1 Å². The first-order valence-electron chi connectivity index (χ1n) is 5.72. The Labute approximate surface area is 88.4 Å². The normalized spacial score (nSPS) is 31.7. The molecule has 1 fully saturated rings. The van der Waals surface area contributed by atoms with Gasteiger partial charge >= 0.3 is 0 Å². The van der Waals surface area contributed by atoms with Crippen molar-refractivity contribution in [2.24, 2.45) is 17.3 Å². The standard InChI is InChI=1S/C12H25NO/c1-12(2)6-5-10(8-13-3)11(7-12)9-14-4/h10-11,13H,5-9H2,1-4H3. The van der Waals surface area contributed by atoms with Crippen LogP contribution in [0.25, 0.3) is 0 Å². The Balaban J connectivity index is 2.51. The summed E-state index contributed by atoms with van der Waals surface area (Å²) in [5.74, 6) is 1.56. The summed E-state index contributed by atoms with van der Waals surface area (Å²) >= 11 is 0. The largest absolute Gasteiger partial charge is 0.384 e. The summed E-state index contributed by atoms with van der Waals surface area (Å²) in [6, 6.07) is 0. The highest BCUT2D eigenvalue weighted by Gasteiger charge is 2.34. The molecule has 0 heterocycles. The first kappa shape index (κ1) is 12.0. The van der Waals surface area contributed by atoms with Crippen molar-refractivity contribution < 1.29 is 4.74 Å². The van der Waals surface area contributed by atoms with Crippen molar-refractivity contribution in [3.05, 3.63) is 0 Å². The maximum absolute atomic E-state index is 5.32. The molecular weight excluding hydrogens is 174 g/mol. The van der Waals surface area contributed by atoms with Gasteiger partial charge in [0.25, 0.3) is 0 Å². The summed E-state index contributed by atoms with van der Waals surface area (Å²) in [5, 5.41) is 3.30. The summed E-state index contributed by atoms with van der Waals surface area (Å²) in [4.78, 5) is 0. The molecule has 0 saturated heterocycles. The van der Waals surface area contributed by atoms with Crippen LogP contribution >= 0.6 is 0 Å². The molecule has 14 heavy (non-hydrogen) atoms. The highest BCUT2D eigenvalue weighted by molar-refractivity contribution is 4.85. The van der Waals surface area contributed by atoms with Crippen LogP contribution in [0.5, 0.6) is 0 Å². The number of hydrogen-bond acceptors (Lipinski definition) is 2. The molecule has 0 aliphatic heterocycles. The van der Waals surface area contributed by atoms with Gasteiger partial charge in [-0.05, 0) is 50.1 Å². The molecular formula is C12H25NO. The summed E-state index contributed by atoms with van der Waals surface area (Å²) in [6.07, 6.45) is 4.02. The third-order valence-corrected chi connectivity index (χ3v) is 3.52. The zero-order valence-corrected chi connectivity index (χ0v) is 10.1. The van der Waals surface area contributed by atoms with Gasteiger partial charge in [0.15, 0.2) is 0 Å².